The fourth-order valence-corrected chi connectivity index (χ4v) is 4.15. The zero-order valence-electron chi connectivity index (χ0n) is 17.1. The molecule has 4 aromatic rings. The first-order valence-electron chi connectivity index (χ1n) is 9.85. The van der Waals surface area contributed by atoms with Crippen LogP contribution in [0, 0.1) is 5.82 Å². The van der Waals surface area contributed by atoms with Crippen LogP contribution in [-0.4, -0.2) is 31.2 Å². The monoisotopic (exact) mass is 483 g/mol. The van der Waals surface area contributed by atoms with Crippen LogP contribution in [0.25, 0.3) is 11.0 Å². The molecule has 4 rings (SSSR count). The lowest BCUT2D eigenvalue weighted by atomic mass is 10.1. The number of carbonyl (C=O) groups is 1. The van der Waals surface area contributed by atoms with Gasteiger partial charge in [-0.15, -0.1) is 0 Å². The molecule has 0 aliphatic heterocycles. The zero-order valence-corrected chi connectivity index (χ0v) is 18.6. The highest BCUT2D eigenvalue weighted by molar-refractivity contribution is 7.81. The Bertz CT molecular complexity index is 1330. The van der Waals surface area contributed by atoms with Crippen molar-refractivity contribution in [3.05, 3.63) is 95.0 Å². The van der Waals surface area contributed by atoms with Crippen molar-refractivity contribution >= 4 is 51.2 Å². The smallest absolute Gasteiger partial charge is 0.253 e. The van der Waals surface area contributed by atoms with Crippen molar-refractivity contribution in [1.29, 1.82) is 0 Å². The third-order valence-corrected chi connectivity index (χ3v) is 5.81. The predicted octanol–water partition coefficient (Wildman–Crippen LogP) is 4.33. The number of halogens is 2. The number of nitrogens with zero attached hydrogens (tertiary/aromatic N) is 3. The summed E-state index contributed by atoms with van der Waals surface area (Å²) in [5, 5.41) is 3.03. The van der Waals surface area contributed by atoms with E-state index < -0.39 is 17.2 Å². The minimum Gasteiger partial charge on any atom is -0.755 e. The number of fused-ring (bicyclic) bond motifs is 1. The summed E-state index contributed by atoms with van der Waals surface area (Å²) >= 11 is 3.36. The van der Waals surface area contributed by atoms with Gasteiger partial charge in [0.2, 0.25) is 0 Å². The molecule has 10 heteroatoms. The molecule has 0 saturated heterocycles. The van der Waals surface area contributed by atoms with E-state index >= 15 is 0 Å². The van der Waals surface area contributed by atoms with Gasteiger partial charge in [-0.2, -0.15) is 0 Å². The summed E-state index contributed by atoms with van der Waals surface area (Å²) in [6.07, 6.45) is 3.44. The van der Waals surface area contributed by atoms with Gasteiger partial charge in [-0.25, -0.2) is 4.39 Å². The number of nitrogens with one attached hydrogen (secondary N) is 1. The molecule has 0 aliphatic rings. The van der Waals surface area contributed by atoms with E-state index in [-0.39, 0.29) is 34.3 Å². The molecule has 1 heterocycles. The fourth-order valence-electron chi connectivity index (χ4n) is 3.36. The number of benzene rings is 3. The molecule has 168 valence electrons. The first-order valence-corrected chi connectivity index (χ1v) is 11.3. The third kappa shape index (κ3) is 5.16. The van der Waals surface area contributed by atoms with Gasteiger partial charge in [0.15, 0.2) is 0 Å². The molecular formula is C23H17ClFN4O3S-. The van der Waals surface area contributed by atoms with Crippen LogP contribution >= 0.6 is 11.6 Å². The average molecular weight is 484 g/mol. The van der Waals surface area contributed by atoms with Crippen molar-refractivity contribution in [1.82, 2.24) is 15.3 Å². The standard InChI is InChI=1S/C23H18ClFN4O3S/c24-16-6-9-18(23(30)28-11-10-15-4-7-17(25)8-5-15)21(14-16)29(33(31)32)20-3-1-2-19-22(20)27-13-12-26-19/h1-9,12-14H,10-11H2,(H,28,30)(H,31,32)/p-1. The van der Waals surface area contributed by atoms with Gasteiger partial charge in [-0.1, -0.05) is 29.8 Å². The largest absolute Gasteiger partial charge is 0.755 e. The van der Waals surface area contributed by atoms with E-state index in [4.69, 9.17) is 11.6 Å². The summed E-state index contributed by atoms with van der Waals surface area (Å²) in [6, 6.07) is 15.3. The first-order chi connectivity index (χ1) is 15.9. The Morgan fingerprint density at radius 3 is 2.58 bits per heavy atom. The number of anilines is 2. The van der Waals surface area contributed by atoms with Gasteiger partial charge in [0.05, 0.1) is 33.7 Å². The highest BCUT2D eigenvalue weighted by Crippen LogP contribution is 2.35. The van der Waals surface area contributed by atoms with Gasteiger partial charge in [0.25, 0.3) is 5.91 Å². The van der Waals surface area contributed by atoms with Crippen LogP contribution in [0.15, 0.2) is 73.1 Å². The summed E-state index contributed by atoms with van der Waals surface area (Å²) in [4.78, 5) is 21.4. The molecule has 0 bridgehead atoms. The first kappa shape index (κ1) is 22.8. The van der Waals surface area contributed by atoms with E-state index in [1.165, 1.54) is 42.7 Å². The van der Waals surface area contributed by atoms with E-state index in [1.807, 2.05) is 0 Å². The van der Waals surface area contributed by atoms with Crippen molar-refractivity contribution < 1.29 is 17.9 Å². The quantitative estimate of drug-likeness (QED) is 0.394. The molecule has 1 atom stereocenters. The second kappa shape index (κ2) is 10.0. The van der Waals surface area contributed by atoms with Crippen LogP contribution < -0.4 is 9.62 Å². The molecular weight excluding hydrogens is 467 g/mol. The number of para-hydroxylation sites is 1. The number of amides is 1. The minimum absolute atomic E-state index is 0.0771. The topological polar surface area (TPSA) is 98.2 Å². The van der Waals surface area contributed by atoms with Gasteiger partial charge in [-0.3, -0.25) is 23.3 Å². The van der Waals surface area contributed by atoms with E-state index in [0.717, 1.165) is 9.87 Å². The van der Waals surface area contributed by atoms with Crippen LogP contribution in [-0.2, 0) is 17.7 Å². The highest BCUT2D eigenvalue weighted by atomic mass is 35.5. The number of carbonyl (C=O) groups excluding carboxylic acids is 1. The Balaban J connectivity index is 1.66. The third-order valence-electron chi connectivity index (χ3n) is 4.88. The molecule has 3 aromatic carbocycles. The molecule has 0 aliphatic carbocycles. The fraction of sp³-hybridized carbons (Fsp3) is 0.0870. The summed E-state index contributed by atoms with van der Waals surface area (Å²) in [5.41, 5.74) is 2.13. The van der Waals surface area contributed by atoms with E-state index in [0.29, 0.717) is 17.5 Å². The van der Waals surface area contributed by atoms with Gasteiger partial charge in [0, 0.05) is 24.0 Å². The molecule has 0 radical (unpaired) electrons. The Morgan fingerprint density at radius 1 is 1.06 bits per heavy atom. The Morgan fingerprint density at radius 2 is 1.82 bits per heavy atom. The van der Waals surface area contributed by atoms with Crippen molar-refractivity contribution in [2.24, 2.45) is 0 Å². The van der Waals surface area contributed by atoms with Gasteiger partial charge in [0.1, 0.15) is 11.3 Å². The van der Waals surface area contributed by atoms with Crippen LogP contribution in [0.1, 0.15) is 15.9 Å². The summed E-state index contributed by atoms with van der Waals surface area (Å²) in [6.45, 7) is 0.271. The molecule has 7 nitrogen and oxygen atoms in total. The molecule has 33 heavy (non-hydrogen) atoms. The maximum atomic E-state index is 13.1. The average Bonchev–Trinajstić information content (AvgIpc) is 2.80. The lowest BCUT2D eigenvalue weighted by molar-refractivity contribution is 0.0955. The second-order valence-corrected chi connectivity index (χ2v) is 8.24. The van der Waals surface area contributed by atoms with E-state index in [1.54, 1.807) is 30.3 Å². The van der Waals surface area contributed by atoms with Crippen molar-refractivity contribution in [3.8, 4) is 0 Å². The van der Waals surface area contributed by atoms with Gasteiger partial charge >= 0.3 is 0 Å². The van der Waals surface area contributed by atoms with Crippen molar-refractivity contribution in [2.75, 3.05) is 10.8 Å². The van der Waals surface area contributed by atoms with Crippen LogP contribution in [0.5, 0.6) is 0 Å². The molecule has 1 aromatic heterocycles. The van der Waals surface area contributed by atoms with Crippen molar-refractivity contribution in [3.63, 3.8) is 0 Å². The Labute approximate surface area is 196 Å². The summed E-state index contributed by atoms with van der Waals surface area (Å²) < 4.78 is 38.7. The van der Waals surface area contributed by atoms with Crippen LogP contribution in [0.4, 0.5) is 15.8 Å². The van der Waals surface area contributed by atoms with Crippen LogP contribution in [0.2, 0.25) is 5.02 Å². The second-order valence-electron chi connectivity index (χ2n) is 7.01. The molecule has 0 saturated carbocycles. The lowest BCUT2D eigenvalue weighted by Crippen LogP contribution is -2.29. The number of rotatable bonds is 7. The molecule has 0 fully saturated rings. The number of hydrogen-bond acceptors (Lipinski definition) is 5. The number of aromatic nitrogens is 2. The van der Waals surface area contributed by atoms with E-state index in [9.17, 15) is 17.9 Å². The molecule has 1 amide bonds. The zero-order chi connectivity index (χ0) is 23.4. The van der Waals surface area contributed by atoms with E-state index in [2.05, 4.69) is 15.3 Å². The molecule has 1 unspecified atom stereocenters. The van der Waals surface area contributed by atoms with Crippen molar-refractivity contribution in [2.45, 2.75) is 6.42 Å². The Kier molecular flexibility index (Phi) is 6.93. The SMILES string of the molecule is O=C(NCCc1ccc(F)cc1)c1ccc(Cl)cc1N(c1cccc2nccnc12)S(=O)[O-]. The van der Waals surface area contributed by atoms with Gasteiger partial charge in [-0.05, 0) is 54.4 Å². The Hall–Kier alpha value is -3.40. The van der Waals surface area contributed by atoms with Crippen LogP contribution in [0.3, 0.4) is 0 Å². The minimum atomic E-state index is -2.79. The maximum Gasteiger partial charge on any atom is 0.253 e. The normalized spacial score (nSPS) is 11.8. The molecule has 1 N–H and O–H groups in total. The highest BCUT2D eigenvalue weighted by Gasteiger charge is 2.22. The predicted molar refractivity (Wildman–Crippen MR) is 124 cm³/mol. The maximum absolute atomic E-state index is 13.1. The number of hydrogen-bond donors (Lipinski definition) is 1. The van der Waals surface area contributed by atoms with Gasteiger partial charge < -0.3 is 9.87 Å². The molecule has 0 spiro atoms. The summed E-state index contributed by atoms with van der Waals surface area (Å²) in [5.74, 6) is -0.817. The summed E-state index contributed by atoms with van der Waals surface area (Å²) in [7, 11) is 0. The lowest BCUT2D eigenvalue weighted by Gasteiger charge is -2.28.